The van der Waals surface area contributed by atoms with Gasteiger partial charge in [-0.3, -0.25) is 4.79 Å². The van der Waals surface area contributed by atoms with Crippen LogP contribution in [0.1, 0.15) is 58.3 Å². The Balaban J connectivity index is 2.20. The van der Waals surface area contributed by atoms with Crippen LogP contribution in [0.2, 0.25) is 0 Å². The van der Waals surface area contributed by atoms with Crippen LogP contribution in [-0.4, -0.2) is 48.3 Å². The number of unbranched alkanes of at least 4 members (excludes halogenated alkanes) is 4. The summed E-state index contributed by atoms with van der Waals surface area (Å²) in [5, 5.41) is 10.4. The summed E-state index contributed by atoms with van der Waals surface area (Å²) < 4.78 is 5.25. The third-order valence-corrected chi connectivity index (χ3v) is 3.87. The lowest BCUT2D eigenvalue weighted by Gasteiger charge is -2.35. The number of likely N-dealkylation sites (N-methyl/N-ethyl adjacent to an activating group) is 1. The Bertz CT molecular complexity index is 262. The van der Waals surface area contributed by atoms with E-state index in [1.54, 1.807) is 11.9 Å². The standard InChI is InChI=1S/C15H29NO3/c1-3-4-5-6-7-8-14(17)16(2)13-15(18)9-11-19-12-10-15/h18H,3-13H2,1-2H3. The number of aliphatic hydroxyl groups is 1. The van der Waals surface area contributed by atoms with Gasteiger partial charge in [0, 0.05) is 46.1 Å². The number of hydrogen-bond donors (Lipinski definition) is 1. The molecule has 19 heavy (non-hydrogen) atoms. The average Bonchev–Trinajstić information content (AvgIpc) is 2.38. The Labute approximate surface area is 117 Å². The molecule has 0 unspecified atom stereocenters. The van der Waals surface area contributed by atoms with Crippen molar-refractivity contribution < 1.29 is 14.6 Å². The molecule has 0 radical (unpaired) electrons. The van der Waals surface area contributed by atoms with Crippen LogP contribution in [0, 0.1) is 0 Å². The highest BCUT2D eigenvalue weighted by Crippen LogP contribution is 2.21. The van der Waals surface area contributed by atoms with E-state index in [2.05, 4.69) is 6.92 Å². The van der Waals surface area contributed by atoms with Crippen molar-refractivity contribution >= 4 is 5.91 Å². The highest BCUT2D eigenvalue weighted by Gasteiger charge is 2.32. The molecule has 1 saturated heterocycles. The van der Waals surface area contributed by atoms with Crippen LogP contribution < -0.4 is 0 Å². The van der Waals surface area contributed by atoms with Crippen LogP contribution in [0.25, 0.3) is 0 Å². The lowest BCUT2D eigenvalue weighted by molar-refractivity contribution is -0.136. The molecule has 0 bridgehead atoms. The van der Waals surface area contributed by atoms with Crippen LogP contribution >= 0.6 is 0 Å². The van der Waals surface area contributed by atoms with Crippen molar-refractivity contribution in [2.75, 3.05) is 26.8 Å². The minimum atomic E-state index is -0.745. The van der Waals surface area contributed by atoms with Gasteiger partial charge in [0.25, 0.3) is 0 Å². The van der Waals surface area contributed by atoms with Gasteiger partial charge in [-0.1, -0.05) is 32.6 Å². The van der Waals surface area contributed by atoms with Gasteiger partial charge in [0.05, 0.1) is 5.60 Å². The molecular formula is C15H29NO3. The predicted octanol–water partition coefficient (Wildman–Crippen LogP) is 2.35. The molecule has 1 rings (SSSR count). The molecule has 1 aliphatic heterocycles. The van der Waals surface area contributed by atoms with Crippen molar-refractivity contribution in [3.05, 3.63) is 0 Å². The number of nitrogens with zero attached hydrogens (tertiary/aromatic N) is 1. The maximum Gasteiger partial charge on any atom is 0.222 e. The molecule has 0 spiro atoms. The van der Waals surface area contributed by atoms with Gasteiger partial charge in [0.15, 0.2) is 0 Å². The van der Waals surface area contributed by atoms with Gasteiger partial charge in [-0.25, -0.2) is 0 Å². The molecular weight excluding hydrogens is 242 g/mol. The zero-order valence-electron chi connectivity index (χ0n) is 12.5. The Kier molecular flexibility index (Phi) is 7.39. The minimum absolute atomic E-state index is 0.149. The van der Waals surface area contributed by atoms with E-state index in [1.165, 1.54) is 19.3 Å². The van der Waals surface area contributed by atoms with Crippen LogP contribution in [0.15, 0.2) is 0 Å². The van der Waals surface area contributed by atoms with Gasteiger partial charge in [0.2, 0.25) is 5.91 Å². The summed E-state index contributed by atoms with van der Waals surface area (Å²) in [6.07, 6.45) is 7.65. The van der Waals surface area contributed by atoms with Gasteiger partial charge in [-0.15, -0.1) is 0 Å². The van der Waals surface area contributed by atoms with Gasteiger partial charge >= 0.3 is 0 Å². The molecule has 0 aromatic heterocycles. The summed E-state index contributed by atoms with van der Waals surface area (Å²) in [5.74, 6) is 0.149. The molecule has 112 valence electrons. The van der Waals surface area contributed by atoms with E-state index in [9.17, 15) is 9.90 Å². The Hall–Kier alpha value is -0.610. The molecule has 0 saturated carbocycles. The number of amides is 1. The normalized spacial score (nSPS) is 18.3. The molecule has 1 N–H and O–H groups in total. The zero-order valence-corrected chi connectivity index (χ0v) is 12.5. The van der Waals surface area contributed by atoms with E-state index in [1.807, 2.05) is 0 Å². The van der Waals surface area contributed by atoms with E-state index >= 15 is 0 Å². The fourth-order valence-electron chi connectivity index (χ4n) is 2.51. The summed E-state index contributed by atoms with van der Waals surface area (Å²) in [4.78, 5) is 13.7. The van der Waals surface area contributed by atoms with E-state index in [0.717, 1.165) is 12.8 Å². The van der Waals surface area contributed by atoms with E-state index < -0.39 is 5.60 Å². The van der Waals surface area contributed by atoms with Crippen molar-refractivity contribution in [2.45, 2.75) is 63.9 Å². The van der Waals surface area contributed by atoms with E-state index in [-0.39, 0.29) is 5.91 Å². The second-order valence-electron chi connectivity index (χ2n) is 5.75. The molecule has 0 aromatic rings. The maximum absolute atomic E-state index is 12.0. The van der Waals surface area contributed by atoms with Crippen molar-refractivity contribution in [2.24, 2.45) is 0 Å². The maximum atomic E-state index is 12.0. The second-order valence-corrected chi connectivity index (χ2v) is 5.75. The number of hydrogen-bond acceptors (Lipinski definition) is 3. The molecule has 1 aliphatic rings. The molecule has 4 heteroatoms. The molecule has 1 heterocycles. The second kappa shape index (κ2) is 8.54. The van der Waals surface area contributed by atoms with Gasteiger partial charge < -0.3 is 14.7 Å². The first kappa shape index (κ1) is 16.4. The summed E-state index contributed by atoms with van der Waals surface area (Å²) in [5.41, 5.74) is -0.745. The fourth-order valence-corrected chi connectivity index (χ4v) is 2.51. The first-order valence-electron chi connectivity index (χ1n) is 7.61. The topological polar surface area (TPSA) is 49.8 Å². The molecule has 0 aromatic carbocycles. The quantitative estimate of drug-likeness (QED) is 0.689. The average molecular weight is 271 g/mol. The minimum Gasteiger partial charge on any atom is -0.388 e. The van der Waals surface area contributed by atoms with E-state index in [4.69, 9.17) is 4.74 Å². The van der Waals surface area contributed by atoms with Gasteiger partial charge in [0.1, 0.15) is 0 Å². The van der Waals surface area contributed by atoms with Crippen LogP contribution in [-0.2, 0) is 9.53 Å². The summed E-state index contributed by atoms with van der Waals surface area (Å²) in [6, 6.07) is 0. The third-order valence-electron chi connectivity index (χ3n) is 3.87. The summed E-state index contributed by atoms with van der Waals surface area (Å²) in [6.45, 7) is 3.81. The number of carbonyl (C=O) groups excluding carboxylic acids is 1. The zero-order chi connectivity index (χ0) is 14.1. The van der Waals surface area contributed by atoms with Crippen molar-refractivity contribution in [3.63, 3.8) is 0 Å². The summed E-state index contributed by atoms with van der Waals surface area (Å²) >= 11 is 0. The lowest BCUT2D eigenvalue weighted by Crippen LogP contribution is -2.47. The number of carbonyl (C=O) groups is 1. The molecule has 0 aliphatic carbocycles. The molecule has 4 nitrogen and oxygen atoms in total. The van der Waals surface area contributed by atoms with Crippen LogP contribution in [0.3, 0.4) is 0 Å². The van der Waals surface area contributed by atoms with Crippen molar-refractivity contribution in [3.8, 4) is 0 Å². The largest absolute Gasteiger partial charge is 0.388 e. The van der Waals surface area contributed by atoms with Crippen LogP contribution in [0.5, 0.6) is 0 Å². The van der Waals surface area contributed by atoms with E-state index in [0.29, 0.717) is 39.0 Å². The first-order valence-corrected chi connectivity index (χ1v) is 7.61. The molecule has 1 amide bonds. The highest BCUT2D eigenvalue weighted by molar-refractivity contribution is 5.75. The smallest absolute Gasteiger partial charge is 0.222 e. The number of rotatable bonds is 8. The lowest BCUT2D eigenvalue weighted by atomic mass is 9.94. The Morgan fingerprint density at radius 3 is 2.47 bits per heavy atom. The van der Waals surface area contributed by atoms with Crippen molar-refractivity contribution in [1.29, 1.82) is 0 Å². The van der Waals surface area contributed by atoms with Gasteiger partial charge in [-0.2, -0.15) is 0 Å². The Morgan fingerprint density at radius 2 is 1.84 bits per heavy atom. The van der Waals surface area contributed by atoms with Crippen molar-refractivity contribution in [1.82, 2.24) is 4.90 Å². The SMILES string of the molecule is CCCCCCCC(=O)N(C)CC1(O)CCOCC1. The fraction of sp³-hybridized carbons (Fsp3) is 0.933. The summed E-state index contributed by atoms with van der Waals surface area (Å²) in [7, 11) is 1.79. The first-order chi connectivity index (χ1) is 9.07. The number of ether oxygens (including phenoxy) is 1. The highest BCUT2D eigenvalue weighted by atomic mass is 16.5. The molecule has 0 atom stereocenters. The Morgan fingerprint density at radius 1 is 1.21 bits per heavy atom. The monoisotopic (exact) mass is 271 g/mol. The third kappa shape index (κ3) is 6.39. The van der Waals surface area contributed by atoms with Crippen LogP contribution in [0.4, 0.5) is 0 Å². The predicted molar refractivity (Wildman–Crippen MR) is 76.0 cm³/mol. The molecule has 1 fully saturated rings. The van der Waals surface area contributed by atoms with Gasteiger partial charge in [-0.05, 0) is 6.42 Å².